The first-order valence-electron chi connectivity index (χ1n) is 5.26. The van der Waals surface area contributed by atoms with Crippen LogP contribution in [0.15, 0.2) is 24.3 Å². The lowest BCUT2D eigenvalue weighted by Gasteiger charge is -2.02. The molecule has 1 aromatic carbocycles. The van der Waals surface area contributed by atoms with Crippen LogP contribution in [0.25, 0.3) is 0 Å². The van der Waals surface area contributed by atoms with Crippen LogP contribution in [-0.4, -0.2) is 21.4 Å². The largest absolute Gasteiger partial charge is 0.463 e. The van der Waals surface area contributed by atoms with Crippen LogP contribution in [0.4, 0.5) is 5.95 Å². The lowest BCUT2D eigenvalue weighted by atomic mass is 10.2. The Hall–Kier alpha value is -1.75. The first-order valence-corrected chi connectivity index (χ1v) is 5.64. The highest BCUT2D eigenvalue weighted by molar-refractivity contribution is 6.30. The highest BCUT2D eigenvalue weighted by Gasteiger charge is 2.07. The summed E-state index contributed by atoms with van der Waals surface area (Å²) in [6, 6.07) is 7.80. The topological polar surface area (TPSA) is 66.0 Å². The maximum Gasteiger partial charge on any atom is 0.337 e. The first-order chi connectivity index (χ1) is 8.19. The molecule has 2 aromatic rings. The summed E-state index contributed by atoms with van der Waals surface area (Å²) in [7, 11) is 0. The number of nitrogens with two attached hydrogens (primary N) is 1. The number of nitrogens with zero attached hydrogens (tertiary/aromatic N) is 3. The molecular formula is C11H13ClN4O. The SMILES string of the molecule is CCOc1nc(N)n(Cc2ccc(Cl)cc2)n1. The number of rotatable bonds is 4. The molecule has 0 atom stereocenters. The van der Waals surface area contributed by atoms with Crippen molar-refractivity contribution in [1.82, 2.24) is 14.8 Å². The van der Waals surface area contributed by atoms with E-state index in [4.69, 9.17) is 22.1 Å². The number of hydrogen-bond donors (Lipinski definition) is 1. The average Bonchev–Trinajstić information content (AvgIpc) is 2.63. The van der Waals surface area contributed by atoms with Gasteiger partial charge in [-0.3, -0.25) is 0 Å². The van der Waals surface area contributed by atoms with Gasteiger partial charge in [0.05, 0.1) is 13.2 Å². The summed E-state index contributed by atoms with van der Waals surface area (Å²) in [6.45, 7) is 2.93. The first kappa shape index (κ1) is 11.7. The van der Waals surface area contributed by atoms with Crippen molar-refractivity contribution < 1.29 is 4.74 Å². The van der Waals surface area contributed by atoms with Crippen molar-refractivity contribution in [3.8, 4) is 6.01 Å². The molecule has 90 valence electrons. The van der Waals surface area contributed by atoms with Gasteiger partial charge >= 0.3 is 6.01 Å². The molecule has 1 heterocycles. The van der Waals surface area contributed by atoms with Gasteiger partial charge in [0.1, 0.15) is 0 Å². The van der Waals surface area contributed by atoms with E-state index in [0.717, 1.165) is 5.56 Å². The van der Waals surface area contributed by atoms with E-state index < -0.39 is 0 Å². The summed E-state index contributed by atoms with van der Waals surface area (Å²) in [6.07, 6.45) is 0. The van der Waals surface area contributed by atoms with Crippen molar-refractivity contribution >= 4 is 17.5 Å². The molecule has 0 amide bonds. The minimum absolute atomic E-state index is 0.305. The number of nitrogen functional groups attached to an aromatic ring is 1. The van der Waals surface area contributed by atoms with Gasteiger partial charge in [-0.05, 0) is 24.6 Å². The van der Waals surface area contributed by atoms with Crippen molar-refractivity contribution in [2.24, 2.45) is 0 Å². The van der Waals surface area contributed by atoms with Crippen molar-refractivity contribution in [2.45, 2.75) is 13.5 Å². The number of aromatic nitrogens is 3. The van der Waals surface area contributed by atoms with Crippen LogP contribution in [0.1, 0.15) is 12.5 Å². The Balaban J connectivity index is 2.15. The standard InChI is InChI=1S/C11H13ClN4O/c1-2-17-11-14-10(13)16(15-11)7-8-3-5-9(12)6-4-8/h3-6H,2,7H2,1H3,(H2,13,14,15). The molecule has 1 aromatic heterocycles. The molecule has 17 heavy (non-hydrogen) atoms. The minimum Gasteiger partial charge on any atom is -0.463 e. The molecule has 0 saturated heterocycles. The second-order valence-corrected chi connectivity index (χ2v) is 3.91. The number of benzene rings is 1. The van der Waals surface area contributed by atoms with Crippen LogP contribution in [0.2, 0.25) is 5.02 Å². The Bertz CT molecular complexity index is 495. The lowest BCUT2D eigenvalue weighted by Crippen LogP contribution is -2.06. The molecule has 0 bridgehead atoms. The summed E-state index contributed by atoms with van der Waals surface area (Å²) < 4.78 is 6.77. The molecule has 0 unspecified atom stereocenters. The summed E-state index contributed by atoms with van der Waals surface area (Å²) in [4.78, 5) is 4.00. The van der Waals surface area contributed by atoms with Gasteiger partial charge in [0, 0.05) is 5.02 Å². The van der Waals surface area contributed by atoms with Crippen LogP contribution in [0, 0.1) is 0 Å². The maximum atomic E-state index is 5.81. The molecule has 6 heteroatoms. The number of hydrogen-bond acceptors (Lipinski definition) is 4. The van der Waals surface area contributed by atoms with Crippen LogP contribution < -0.4 is 10.5 Å². The second-order valence-electron chi connectivity index (χ2n) is 3.47. The second kappa shape index (κ2) is 5.05. The van der Waals surface area contributed by atoms with Gasteiger partial charge in [-0.25, -0.2) is 4.68 Å². The van der Waals surface area contributed by atoms with Crippen molar-refractivity contribution in [1.29, 1.82) is 0 Å². The molecule has 0 aliphatic carbocycles. The molecule has 0 saturated carbocycles. The summed E-state index contributed by atoms with van der Waals surface area (Å²) >= 11 is 5.81. The third kappa shape index (κ3) is 2.88. The Kier molecular flexibility index (Phi) is 3.49. The predicted molar refractivity (Wildman–Crippen MR) is 66.2 cm³/mol. The number of halogens is 1. The molecule has 2 N–H and O–H groups in total. The van der Waals surface area contributed by atoms with Crippen LogP contribution in [-0.2, 0) is 6.54 Å². The molecule has 0 spiro atoms. The maximum absolute atomic E-state index is 5.81. The zero-order valence-corrected chi connectivity index (χ0v) is 10.2. The van der Waals surface area contributed by atoms with Crippen molar-refractivity contribution in [2.75, 3.05) is 12.3 Å². The minimum atomic E-state index is 0.305. The fourth-order valence-corrected chi connectivity index (χ4v) is 1.53. The van der Waals surface area contributed by atoms with Gasteiger partial charge in [-0.15, -0.1) is 5.10 Å². The van der Waals surface area contributed by atoms with E-state index in [1.807, 2.05) is 31.2 Å². The van der Waals surface area contributed by atoms with Gasteiger partial charge < -0.3 is 10.5 Å². The lowest BCUT2D eigenvalue weighted by molar-refractivity contribution is 0.311. The molecule has 0 aliphatic heterocycles. The van der Waals surface area contributed by atoms with Gasteiger partial charge in [0.25, 0.3) is 0 Å². The summed E-state index contributed by atoms with van der Waals surface area (Å²) in [5.41, 5.74) is 6.78. The molecule has 0 aliphatic rings. The zero-order valence-electron chi connectivity index (χ0n) is 9.43. The highest BCUT2D eigenvalue weighted by Crippen LogP contribution is 2.13. The molecule has 0 fully saturated rings. The van der Waals surface area contributed by atoms with Crippen LogP contribution in [0.3, 0.4) is 0 Å². The van der Waals surface area contributed by atoms with E-state index in [1.165, 1.54) is 0 Å². The van der Waals surface area contributed by atoms with E-state index >= 15 is 0 Å². The van der Waals surface area contributed by atoms with E-state index in [9.17, 15) is 0 Å². The van der Waals surface area contributed by atoms with Crippen LogP contribution in [0.5, 0.6) is 6.01 Å². The van der Waals surface area contributed by atoms with E-state index in [2.05, 4.69) is 10.1 Å². The monoisotopic (exact) mass is 252 g/mol. The number of ether oxygens (including phenoxy) is 1. The molecule has 0 radical (unpaired) electrons. The quantitative estimate of drug-likeness (QED) is 0.903. The molecule has 2 rings (SSSR count). The third-order valence-electron chi connectivity index (χ3n) is 2.20. The Labute approximate surface area is 104 Å². The normalized spacial score (nSPS) is 10.5. The number of anilines is 1. The van der Waals surface area contributed by atoms with E-state index in [-0.39, 0.29) is 0 Å². The fourth-order valence-electron chi connectivity index (χ4n) is 1.40. The summed E-state index contributed by atoms with van der Waals surface area (Å²) in [5, 5.41) is 4.85. The van der Waals surface area contributed by atoms with Crippen molar-refractivity contribution in [3.63, 3.8) is 0 Å². The van der Waals surface area contributed by atoms with Crippen LogP contribution >= 0.6 is 11.6 Å². The van der Waals surface area contributed by atoms with Crippen molar-refractivity contribution in [3.05, 3.63) is 34.9 Å². The Morgan fingerprint density at radius 2 is 2.06 bits per heavy atom. The zero-order chi connectivity index (χ0) is 12.3. The van der Waals surface area contributed by atoms with E-state index in [1.54, 1.807) is 4.68 Å². The fraction of sp³-hybridized carbons (Fsp3) is 0.273. The predicted octanol–water partition coefficient (Wildman–Crippen LogP) is 1.96. The smallest absolute Gasteiger partial charge is 0.337 e. The Morgan fingerprint density at radius 1 is 1.35 bits per heavy atom. The van der Waals surface area contributed by atoms with Gasteiger partial charge in [-0.1, -0.05) is 23.7 Å². The third-order valence-corrected chi connectivity index (χ3v) is 2.45. The van der Waals surface area contributed by atoms with Gasteiger partial charge in [0.15, 0.2) is 0 Å². The summed E-state index contributed by atoms with van der Waals surface area (Å²) in [5.74, 6) is 0.336. The van der Waals surface area contributed by atoms with E-state index in [0.29, 0.717) is 30.1 Å². The van der Waals surface area contributed by atoms with Gasteiger partial charge in [-0.2, -0.15) is 4.98 Å². The van der Waals surface area contributed by atoms with Gasteiger partial charge in [0.2, 0.25) is 5.95 Å². The molecular weight excluding hydrogens is 240 g/mol. The average molecular weight is 253 g/mol. The highest BCUT2D eigenvalue weighted by atomic mass is 35.5. The molecule has 5 nitrogen and oxygen atoms in total. The Morgan fingerprint density at radius 3 is 2.71 bits per heavy atom.